The molecule has 9 heteroatoms. The predicted octanol–water partition coefficient (Wildman–Crippen LogP) is 2.50. The molecule has 3 rings (SSSR count). The Balaban J connectivity index is 1.21. The van der Waals surface area contributed by atoms with Crippen LogP contribution in [0.1, 0.15) is 57.8 Å². The zero-order chi connectivity index (χ0) is 21.5. The van der Waals surface area contributed by atoms with Gasteiger partial charge >= 0.3 is 6.09 Å². The minimum atomic E-state index is -0.379. The fraction of sp³-hybridized carbons (Fsp3) is 0.810. The van der Waals surface area contributed by atoms with Gasteiger partial charge in [0.1, 0.15) is 0 Å². The van der Waals surface area contributed by atoms with E-state index in [1.54, 1.807) is 4.90 Å². The van der Waals surface area contributed by atoms with Gasteiger partial charge in [0, 0.05) is 31.8 Å². The van der Waals surface area contributed by atoms with E-state index in [1.165, 1.54) is 0 Å². The molecule has 1 saturated carbocycles. The lowest BCUT2D eigenvalue weighted by Gasteiger charge is -2.15. The number of hydrogen-bond acceptors (Lipinski definition) is 7. The first kappa shape index (κ1) is 22.5. The number of carbonyl (C=O) groups excluding carboxylic acids is 2. The fourth-order valence-corrected chi connectivity index (χ4v) is 4.80. The van der Waals surface area contributed by atoms with Gasteiger partial charge in [0.05, 0.1) is 18.4 Å². The van der Waals surface area contributed by atoms with Crippen molar-refractivity contribution in [3.63, 3.8) is 0 Å². The van der Waals surface area contributed by atoms with Crippen LogP contribution in [0.4, 0.5) is 4.79 Å². The number of likely N-dealkylation sites (tertiary alicyclic amines) is 1. The van der Waals surface area contributed by atoms with Gasteiger partial charge in [0.2, 0.25) is 5.91 Å². The van der Waals surface area contributed by atoms with Gasteiger partial charge in [-0.05, 0) is 62.7 Å². The number of nitrogens with one attached hydrogen (secondary N) is 2. The molecule has 0 aromatic rings. The molecule has 4 atom stereocenters. The Kier molecular flexibility index (Phi) is 8.07. The second-order valence-corrected chi connectivity index (χ2v) is 8.77. The van der Waals surface area contributed by atoms with Crippen molar-refractivity contribution in [3.05, 3.63) is 11.4 Å². The maximum atomic E-state index is 12.0. The number of aliphatic hydroxyl groups excluding tert-OH is 1. The molecule has 0 radical (unpaired) electrons. The standard InChI is InChI=1S/C21H35N5O4/c22-18-7-5-15-16(6-8-19(18)25-23)17(15)13-30-21(29)24-10-3-1-2-4-20(28)26-11-9-14(27)12-26/h14-17,23,27H,1-13,22H2,(H,24,29)/b19-18-,25-23?. The summed E-state index contributed by atoms with van der Waals surface area (Å²) in [5.41, 5.74) is 14.6. The monoisotopic (exact) mass is 421 g/mol. The summed E-state index contributed by atoms with van der Waals surface area (Å²) in [6, 6.07) is 0. The van der Waals surface area contributed by atoms with Crippen molar-refractivity contribution in [1.29, 1.82) is 5.53 Å². The SMILES string of the molecule is N=N/C1=C(\N)CCC2C(CC1)C2COC(=O)NCCCCCC(=O)N1CCC(O)C1. The summed E-state index contributed by atoms with van der Waals surface area (Å²) in [7, 11) is 0. The first-order valence-corrected chi connectivity index (χ1v) is 11.2. The Hall–Kier alpha value is -2.16. The number of ether oxygens (including phenoxy) is 1. The molecule has 2 amide bonds. The number of β-amino-alcohol motifs (C(OH)–C–C–N with tert-alkyl or cyclic N) is 1. The number of carbonyl (C=O) groups is 2. The van der Waals surface area contributed by atoms with Crippen molar-refractivity contribution >= 4 is 12.0 Å². The average molecular weight is 422 g/mol. The summed E-state index contributed by atoms with van der Waals surface area (Å²) in [5.74, 6) is 1.59. The lowest BCUT2D eigenvalue weighted by Crippen LogP contribution is -2.29. The van der Waals surface area contributed by atoms with E-state index >= 15 is 0 Å². The first-order chi connectivity index (χ1) is 14.5. The molecular weight excluding hydrogens is 386 g/mol. The summed E-state index contributed by atoms with van der Waals surface area (Å²) in [6.45, 7) is 2.09. The minimum Gasteiger partial charge on any atom is -0.449 e. The fourth-order valence-electron chi connectivity index (χ4n) is 4.80. The van der Waals surface area contributed by atoms with Gasteiger partial charge < -0.3 is 25.8 Å². The molecule has 168 valence electrons. The van der Waals surface area contributed by atoms with E-state index in [-0.39, 0.29) is 18.1 Å². The molecule has 1 aliphatic heterocycles. The molecule has 0 spiro atoms. The lowest BCUT2D eigenvalue weighted by molar-refractivity contribution is -0.130. The van der Waals surface area contributed by atoms with E-state index in [9.17, 15) is 14.7 Å². The van der Waals surface area contributed by atoms with Crippen molar-refractivity contribution in [1.82, 2.24) is 10.2 Å². The van der Waals surface area contributed by atoms with Crippen molar-refractivity contribution in [2.24, 2.45) is 28.6 Å². The highest BCUT2D eigenvalue weighted by Gasteiger charge is 2.50. The number of nitrogens with two attached hydrogens (primary N) is 1. The minimum absolute atomic E-state index is 0.108. The molecule has 2 fully saturated rings. The van der Waals surface area contributed by atoms with Gasteiger partial charge in [0.25, 0.3) is 0 Å². The Bertz CT molecular complexity index is 668. The molecule has 1 heterocycles. The second kappa shape index (κ2) is 10.7. The molecule has 2 aliphatic carbocycles. The number of unbranched alkanes of at least 4 members (excludes halogenated alkanes) is 2. The zero-order valence-electron chi connectivity index (χ0n) is 17.6. The van der Waals surface area contributed by atoms with Crippen LogP contribution in [0, 0.1) is 23.3 Å². The third-order valence-electron chi connectivity index (χ3n) is 6.74. The first-order valence-electron chi connectivity index (χ1n) is 11.2. The molecule has 9 nitrogen and oxygen atoms in total. The molecule has 0 bridgehead atoms. The van der Waals surface area contributed by atoms with Crippen LogP contribution in [0.3, 0.4) is 0 Å². The maximum absolute atomic E-state index is 12.0. The summed E-state index contributed by atoms with van der Waals surface area (Å²) < 4.78 is 5.40. The quantitative estimate of drug-likeness (QED) is 0.334. The van der Waals surface area contributed by atoms with Gasteiger partial charge in [-0.15, -0.1) is 0 Å². The normalized spacial score (nSPS) is 30.8. The van der Waals surface area contributed by atoms with Gasteiger partial charge in [-0.3, -0.25) is 4.79 Å². The number of allylic oxidation sites excluding steroid dienone is 2. The van der Waals surface area contributed by atoms with Crippen molar-refractivity contribution < 1.29 is 19.4 Å². The number of aliphatic hydroxyl groups is 1. The Morgan fingerprint density at radius 1 is 1.20 bits per heavy atom. The number of hydrogen-bond donors (Lipinski definition) is 4. The van der Waals surface area contributed by atoms with Crippen LogP contribution in [-0.4, -0.2) is 54.4 Å². The third kappa shape index (κ3) is 6.17. The smallest absolute Gasteiger partial charge is 0.407 e. The molecule has 0 aromatic heterocycles. The number of fused-ring (bicyclic) bond motifs is 1. The highest BCUT2D eigenvalue weighted by Crippen LogP contribution is 2.53. The van der Waals surface area contributed by atoms with E-state index in [0.717, 1.165) is 50.6 Å². The number of alkyl carbamates (subject to hydrolysis) is 1. The van der Waals surface area contributed by atoms with Crippen LogP contribution in [-0.2, 0) is 9.53 Å². The second-order valence-electron chi connectivity index (χ2n) is 8.77. The van der Waals surface area contributed by atoms with E-state index in [0.29, 0.717) is 62.5 Å². The summed E-state index contributed by atoms with van der Waals surface area (Å²) in [4.78, 5) is 25.6. The number of amides is 2. The summed E-state index contributed by atoms with van der Waals surface area (Å²) in [5, 5.41) is 15.8. The highest BCUT2D eigenvalue weighted by molar-refractivity contribution is 5.76. The number of nitrogens with zero attached hydrogens (tertiary/aromatic N) is 2. The predicted molar refractivity (Wildman–Crippen MR) is 110 cm³/mol. The Labute approximate surface area is 177 Å². The van der Waals surface area contributed by atoms with Crippen LogP contribution in [0.15, 0.2) is 16.5 Å². The largest absolute Gasteiger partial charge is 0.449 e. The van der Waals surface area contributed by atoms with Crippen molar-refractivity contribution in [2.45, 2.75) is 63.9 Å². The van der Waals surface area contributed by atoms with E-state index < -0.39 is 0 Å². The Morgan fingerprint density at radius 3 is 2.67 bits per heavy atom. The average Bonchev–Trinajstić information content (AvgIpc) is 3.18. The maximum Gasteiger partial charge on any atom is 0.407 e. The number of rotatable bonds is 9. The van der Waals surface area contributed by atoms with Crippen LogP contribution in [0.25, 0.3) is 0 Å². The van der Waals surface area contributed by atoms with Crippen LogP contribution >= 0.6 is 0 Å². The van der Waals surface area contributed by atoms with Gasteiger partial charge in [-0.25, -0.2) is 10.3 Å². The van der Waals surface area contributed by atoms with Gasteiger partial charge in [-0.1, -0.05) is 6.42 Å². The van der Waals surface area contributed by atoms with Crippen LogP contribution < -0.4 is 11.1 Å². The topological polar surface area (TPSA) is 141 Å². The van der Waals surface area contributed by atoms with Gasteiger partial charge in [-0.2, -0.15) is 5.11 Å². The molecule has 1 saturated heterocycles. The molecule has 4 unspecified atom stereocenters. The van der Waals surface area contributed by atoms with Crippen molar-refractivity contribution in [3.8, 4) is 0 Å². The van der Waals surface area contributed by atoms with E-state index in [4.69, 9.17) is 16.0 Å². The molecular formula is C21H35N5O4. The molecule has 3 aliphatic rings. The van der Waals surface area contributed by atoms with Gasteiger partial charge in [0.15, 0.2) is 0 Å². The lowest BCUT2D eigenvalue weighted by atomic mass is 10.0. The molecule has 0 aromatic carbocycles. The zero-order valence-corrected chi connectivity index (χ0v) is 17.6. The highest BCUT2D eigenvalue weighted by atomic mass is 16.5. The van der Waals surface area contributed by atoms with E-state index in [2.05, 4.69) is 10.4 Å². The molecule has 30 heavy (non-hydrogen) atoms. The summed E-state index contributed by atoms with van der Waals surface area (Å²) >= 11 is 0. The third-order valence-corrected chi connectivity index (χ3v) is 6.74. The molecule has 5 N–H and O–H groups in total. The van der Waals surface area contributed by atoms with E-state index in [1.807, 2.05) is 0 Å². The van der Waals surface area contributed by atoms with Crippen molar-refractivity contribution in [2.75, 3.05) is 26.2 Å². The van der Waals surface area contributed by atoms with Crippen LogP contribution in [0.2, 0.25) is 0 Å². The Morgan fingerprint density at radius 2 is 1.97 bits per heavy atom. The van der Waals surface area contributed by atoms with Crippen LogP contribution in [0.5, 0.6) is 0 Å². The summed E-state index contributed by atoms with van der Waals surface area (Å²) in [6.07, 6.45) is 6.31.